The van der Waals surface area contributed by atoms with Crippen LogP contribution in [0.5, 0.6) is 0 Å². The molecule has 0 saturated carbocycles. The molecule has 788 valence electrons. The molecular weight excluding hydrogens is 1820 g/mol. The standard InChI is InChI=1S/3C11H15N3.C10H14N4.5C10H13N3.C9H12N4.6C2H6/c1-4-11(2,3)9-5-13-10-6-12-8-14(10)7-9;1-4-11(2,3)9-5-7-14-8-6-12-10(14)13-9;1-4-11(2,3)9-7-13-10-12-5-6-14(10)8-9;1-4-10(2,3)8-5-6-14-9(12-8)7-11-13-14;1-10(2,3)8-4-5-12-9-6-11-7-13(8)9;1-10(2,3)8-4-5-11-9-12-6-7-13(8)9;1-10(2,3)9-12-7-8-11-5-4-6-13(8)9;1-10(2,3)8-7-13-6-4-5-11-9(13)12-8;1-10(2,3)8-7-12-9-11-5-4-6-13(8)9;1-9(2,3)7-11-8-10-5-4-6-13(8)12-7;6*1-2/h3*5-8H,4H2,1-3H3;5-7H,4H2,1-3H3;5*4-7H,1-3H3;4-6H,1-3H3;6*1-2H3. The normalized spacial score (nSPS) is 11.5. The monoisotopic (exact) mass is 1990 g/mol. The van der Waals surface area contributed by atoms with E-state index in [0.29, 0.717) is 5.78 Å². The van der Waals surface area contributed by atoms with E-state index in [9.17, 15) is 0 Å². The molecule has 0 aliphatic heterocycles. The lowest BCUT2D eigenvalue weighted by molar-refractivity contribution is 0.490. The van der Waals surface area contributed by atoms with Crippen molar-refractivity contribution in [1.29, 1.82) is 0 Å². The van der Waals surface area contributed by atoms with E-state index in [0.717, 1.165) is 106 Å². The van der Waals surface area contributed by atoms with E-state index in [2.05, 4.69) is 336 Å². The van der Waals surface area contributed by atoms with Gasteiger partial charge in [0.15, 0.2) is 28.4 Å². The largest absolute Gasteiger partial charge is 0.291 e. The van der Waals surface area contributed by atoms with E-state index in [1.165, 1.54) is 28.2 Å². The van der Waals surface area contributed by atoms with Crippen molar-refractivity contribution in [2.75, 3.05) is 0 Å². The number of hydrogen-bond donors (Lipinski definition) is 0. The van der Waals surface area contributed by atoms with Crippen LogP contribution < -0.4 is 0 Å². The molecule has 20 heterocycles. The summed E-state index contributed by atoms with van der Waals surface area (Å²) in [7, 11) is 0. The Labute approximate surface area is 868 Å². The second-order valence-electron chi connectivity index (χ2n) is 41.7. The van der Waals surface area contributed by atoms with E-state index in [-0.39, 0.29) is 54.1 Å². The van der Waals surface area contributed by atoms with E-state index in [1.54, 1.807) is 83.5 Å². The molecule has 0 radical (unpaired) electrons. The molecule has 20 aromatic heterocycles. The second-order valence-corrected chi connectivity index (χ2v) is 41.7. The molecule has 32 heteroatoms. The van der Waals surface area contributed by atoms with Crippen molar-refractivity contribution in [3.05, 3.63) is 292 Å². The summed E-state index contributed by atoms with van der Waals surface area (Å²) in [4.78, 5) is 80.7. The molecule has 0 N–H and O–H groups in total. The van der Waals surface area contributed by atoms with Gasteiger partial charge in [-0.05, 0) is 96.2 Å². The molecule has 32 nitrogen and oxygen atoms in total. The Morgan fingerprint density at radius 3 is 1.25 bits per heavy atom. The molecule has 0 bridgehead atoms. The number of fused-ring (bicyclic) bond motifs is 10. The Morgan fingerprint density at radius 2 is 0.678 bits per heavy atom. The number of hydrogen-bond acceptors (Lipinski definition) is 22. The third-order valence-corrected chi connectivity index (χ3v) is 23.4. The molecule has 0 fully saturated rings. The zero-order chi connectivity index (χ0) is 110. The first-order chi connectivity index (χ1) is 69.0. The van der Waals surface area contributed by atoms with Crippen LogP contribution in [0.4, 0.5) is 0 Å². The zero-order valence-electron chi connectivity index (χ0n) is 96.1. The maximum atomic E-state index is 4.53. The van der Waals surface area contributed by atoms with Gasteiger partial charge in [-0.25, -0.2) is 98.7 Å². The number of nitrogens with zero attached hydrogens (tertiary/aromatic N) is 32. The summed E-state index contributed by atoms with van der Waals surface area (Å²) in [6, 6.07) is 15.7. The van der Waals surface area contributed by atoms with E-state index in [4.69, 9.17) is 0 Å². The minimum absolute atomic E-state index is 0.0201. The second kappa shape index (κ2) is 55.4. The van der Waals surface area contributed by atoms with Gasteiger partial charge in [0.1, 0.15) is 18.5 Å². The Balaban J connectivity index is 0.000000282. The minimum atomic E-state index is -0.0201. The number of rotatable bonds is 8. The van der Waals surface area contributed by atoms with E-state index < -0.39 is 0 Å². The lowest BCUT2D eigenvalue weighted by Crippen LogP contribution is -2.17. The lowest BCUT2D eigenvalue weighted by Gasteiger charge is -2.22. The minimum Gasteiger partial charge on any atom is -0.291 e. The molecule has 146 heavy (non-hydrogen) atoms. The van der Waals surface area contributed by atoms with Gasteiger partial charge in [0.05, 0.1) is 48.1 Å². The van der Waals surface area contributed by atoms with Crippen molar-refractivity contribution < 1.29 is 0 Å². The Bertz CT molecular complexity index is 6440. The maximum Gasteiger partial charge on any atom is 0.252 e. The fourth-order valence-corrected chi connectivity index (χ4v) is 13.3. The van der Waals surface area contributed by atoms with Crippen molar-refractivity contribution in [3.8, 4) is 0 Å². The molecule has 0 spiro atoms. The molecule has 0 aliphatic carbocycles. The highest BCUT2D eigenvalue weighted by atomic mass is 15.4. The Hall–Kier alpha value is -13.9. The molecule has 0 aliphatic rings. The highest BCUT2D eigenvalue weighted by Crippen LogP contribution is 2.32. The van der Waals surface area contributed by atoms with Crippen LogP contribution in [0.1, 0.15) is 373 Å². The van der Waals surface area contributed by atoms with Crippen LogP contribution in [-0.4, -0.2) is 154 Å². The smallest absolute Gasteiger partial charge is 0.252 e. The van der Waals surface area contributed by atoms with Crippen molar-refractivity contribution in [2.24, 2.45) is 0 Å². The van der Waals surface area contributed by atoms with Crippen LogP contribution in [0, 0.1) is 0 Å². The number of imidazole rings is 8. The molecule has 0 amide bonds. The zero-order valence-corrected chi connectivity index (χ0v) is 96.1. The third-order valence-electron chi connectivity index (χ3n) is 23.4. The van der Waals surface area contributed by atoms with Crippen molar-refractivity contribution in [2.45, 2.75) is 371 Å². The fourth-order valence-electron chi connectivity index (χ4n) is 13.3. The maximum absolute atomic E-state index is 4.53. The molecule has 0 unspecified atom stereocenters. The highest BCUT2D eigenvalue weighted by Gasteiger charge is 2.27. The van der Waals surface area contributed by atoms with Crippen molar-refractivity contribution in [1.82, 2.24) is 154 Å². The van der Waals surface area contributed by atoms with E-state index >= 15 is 0 Å². The van der Waals surface area contributed by atoms with Gasteiger partial charge in [-0.3, -0.25) is 35.2 Å². The predicted octanol–water partition coefficient (Wildman–Crippen LogP) is 26.8. The van der Waals surface area contributed by atoms with Gasteiger partial charge >= 0.3 is 0 Å². The van der Waals surface area contributed by atoms with Crippen LogP contribution in [0.25, 0.3) is 57.3 Å². The molecule has 20 rings (SSSR count). The lowest BCUT2D eigenvalue weighted by atomic mass is 9.84. The quantitative estimate of drug-likeness (QED) is 0.136. The van der Waals surface area contributed by atoms with Crippen LogP contribution in [0.2, 0.25) is 0 Å². The van der Waals surface area contributed by atoms with Crippen LogP contribution >= 0.6 is 0 Å². The van der Waals surface area contributed by atoms with Crippen LogP contribution in [0.3, 0.4) is 0 Å². The Morgan fingerprint density at radius 1 is 0.247 bits per heavy atom. The van der Waals surface area contributed by atoms with Gasteiger partial charge in [0.2, 0.25) is 28.9 Å². The third kappa shape index (κ3) is 34.1. The average molecular weight is 1990 g/mol. The molecular formula is C114H172N32. The first kappa shape index (κ1) is 123. The summed E-state index contributed by atoms with van der Waals surface area (Å²) in [5, 5.41) is 12.0. The summed E-state index contributed by atoms with van der Waals surface area (Å²) < 4.78 is 19.3. The van der Waals surface area contributed by atoms with Crippen LogP contribution in [-0.2, 0) is 54.1 Å². The fraction of sp³-hybridized carbons (Fsp3) is 0.491. The molecule has 0 atom stereocenters. The average Bonchev–Trinajstić information content (AvgIpc) is 1.66. The van der Waals surface area contributed by atoms with Gasteiger partial charge in [-0.2, -0.15) is 4.98 Å². The van der Waals surface area contributed by atoms with Gasteiger partial charge in [0.25, 0.3) is 5.78 Å². The summed E-state index contributed by atoms with van der Waals surface area (Å²) in [6.45, 7) is 89.2. The first-order valence-corrected chi connectivity index (χ1v) is 51.7. The number of aromatic nitrogens is 32. The summed E-state index contributed by atoms with van der Waals surface area (Å²) in [5.74, 6) is 6.39. The summed E-state index contributed by atoms with van der Waals surface area (Å²) in [6.07, 6.45) is 60.5. The summed E-state index contributed by atoms with van der Waals surface area (Å²) >= 11 is 0. The highest BCUT2D eigenvalue weighted by molar-refractivity contribution is 5.42. The van der Waals surface area contributed by atoms with Gasteiger partial charge in [0, 0.05) is 203 Å². The van der Waals surface area contributed by atoms with Crippen molar-refractivity contribution in [3.63, 3.8) is 0 Å². The van der Waals surface area contributed by atoms with Crippen LogP contribution in [0.15, 0.2) is 235 Å². The predicted molar refractivity (Wildman–Crippen MR) is 599 cm³/mol. The Kier molecular flexibility index (Phi) is 46.5. The summed E-state index contributed by atoms with van der Waals surface area (Å²) in [5.41, 5.74) is 14.1. The van der Waals surface area contributed by atoms with Crippen molar-refractivity contribution >= 4 is 57.3 Å². The molecule has 0 aromatic carbocycles. The SMILES string of the molecule is CC.CC.CC.CC.CC.CC.CC(C)(C)c1ccnc2cncn12.CC(C)(C)c1ccnc2nccn12.CC(C)(C)c1cn2cccnc2n1.CC(C)(C)c1cnc2ncccn12.CC(C)(C)c1nc2ncccn2n1.CC(C)(C)c1ncc2ncccn12.CCC(C)(C)c1ccn2ccnc2n1.CCC(C)(C)c1ccn2nncc2n1.CCC(C)(C)c1cnc2cncn2c1.CCC(C)(C)c1cnc2nccn2c1. The topological polar surface area (TPSA) is 328 Å². The van der Waals surface area contributed by atoms with E-state index in [1.807, 2.05) is 260 Å². The first-order valence-electron chi connectivity index (χ1n) is 51.7. The molecule has 0 saturated heterocycles. The van der Waals surface area contributed by atoms with Gasteiger partial charge in [-0.15, -0.1) is 10.2 Å². The molecule has 20 aromatic rings. The van der Waals surface area contributed by atoms with Gasteiger partial charge < -0.3 is 0 Å². The van der Waals surface area contributed by atoms with Gasteiger partial charge in [-0.1, -0.05) is 296 Å².